The molecule has 0 saturated carbocycles. The van der Waals surface area contributed by atoms with Crippen LogP contribution in [0, 0.1) is 0 Å². The lowest BCUT2D eigenvalue weighted by Gasteiger charge is -2.30. The number of para-hydroxylation sites is 1. The topological polar surface area (TPSA) is 75.3 Å². The summed E-state index contributed by atoms with van der Waals surface area (Å²) >= 11 is 0. The summed E-state index contributed by atoms with van der Waals surface area (Å²) in [4.78, 5) is 12.5. The Kier molecular flexibility index (Phi) is 4.32. The lowest BCUT2D eigenvalue weighted by Crippen LogP contribution is -2.37. The van der Waals surface area contributed by atoms with E-state index in [0.717, 1.165) is 23.8 Å². The number of rotatable bonds is 5. The molecule has 0 heterocycles. The van der Waals surface area contributed by atoms with Gasteiger partial charge in [-0.2, -0.15) is 0 Å². The standard InChI is InChI=1S/C18H20N2O3S/c1-12(14-8-5-6-10-17(14)20-24(2,22)23)19-18(21)16-11-13-7-3-4-9-15(13)16/h3-10,12,16,20H,11H2,1-2H3,(H,19,21)/t12-,16+/m1/s1. The van der Waals surface area contributed by atoms with Gasteiger partial charge in [-0.15, -0.1) is 0 Å². The fraction of sp³-hybridized carbons (Fsp3) is 0.278. The summed E-state index contributed by atoms with van der Waals surface area (Å²) in [6.07, 6.45) is 1.86. The van der Waals surface area contributed by atoms with E-state index in [1.807, 2.05) is 43.3 Å². The summed E-state index contributed by atoms with van der Waals surface area (Å²) in [5, 5.41) is 2.99. The minimum atomic E-state index is -3.37. The summed E-state index contributed by atoms with van der Waals surface area (Å²) in [5.74, 6) is -0.158. The average Bonchev–Trinajstić information content (AvgIpc) is 2.47. The first kappa shape index (κ1) is 16.5. The van der Waals surface area contributed by atoms with E-state index in [1.165, 1.54) is 5.56 Å². The van der Waals surface area contributed by atoms with E-state index in [9.17, 15) is 13.2 Å². The monoisotopic (exact) mass is 344 g/mol. The van der Waals surface area contributed by atoms with Crippen molar-refractivity contribution >= 4 is 21.6 Å². The quantitative estimate of drug-likeness (QED) is 0.875. The van der Waals surface area contributed by atoms with E-state index < -0.39 is 10.0 Å². The summed E-state index contributed by atoms with van der Waals surface area (Å²) < 4.78 is 25.5. The van der Waals surface area contributed by atoms with Crippen molar-refractivity contribution in [3.63, 3.8) is 0 Å². The van der Waals surface area contributed by atoms with Crippen LogP contribution in [-0.4, -0.2) is 20.6 Å². The second-order valence-electron chi connectivity index (χ2n) is 6.15. The van der Waals surface area contributed by atoms with E-state index in [-0.39, 0.29) is 17.9 Å². The van der Waals surface area contributed by atoms with E-state index >= 15 is 0 Å². The van der Waals surface area contributed by atoms with Crippen LogP contribution in [0.5, 0.6) is 0 Å². The number of anilines is 1. The number of amides is 1. The maximum absolute atomic E-state index is 12.5. The summed E-state index contributed by atoms with van der Waals surface area (Å²) in [6.45, 7) is 1.85. The molecule has 0 unspecified atom stereocenters. The van der Waals surface area contributed by atoms with Crippen molar-refractivity contribution in [2.75, 3.05) is 11.0 Å². The van der Waals surface area contributed by atoms with Gasteiger partial charge in [-0.3, -0.25) is 9.52 Å². The first-order chi connectivity index (χ1) is 11.3. The molecule has 5 nitrogen and oxygen atoms in total. The molecule has 1 aliphatic carbocycles. The van der Waals surface area contributed by atoms with Crippen molar-refractivity contribution in [1.29, 1.82) is 0 Å². The summed E-state index contributed by atoms with van der Waals surface area (Å²) in [7, 11) is -3.37. The smallest absolute Gasteiger partial charge is 0.229 e. The molecule has 2 aromatic carbocycles. The molecular weight excluding hydrogens is 324 g/mol. The SMILES string of the molecule is C[C@@H](NC(=O)[C@H]1Cc2ccccc21)c1ccccc1NS(C)(=O)=O. The van der Waals surface area contributed by atoms with Crippen LogP contribution >= 0.6 is 0 Å². The van der Waals surface area contributed by atoms with Crippen molar-refractivity contribution in [2.45, 2.75) is 25.3 Å². The number of benzene rings is 2. The molecule has 0 bridgehead atoms. The summed E-state index contributed by atoms with van der Waals surface area (Å²) in [6, 6.07) is 14.7. The van der Waals surface area contributed by atoms with E-state index in [0.29, 0.717) is 5.69 Å². The molecule has 0 aromatic heterocycles. The Balaban J connectivity index is 1.74. The molecular formula is C18H20N2O3S. The van der Waals surface area contributed by atoms with Gasteiger partial charge >= 0.3 is 0 Å². The van der Waals surface area contributed by atoms with Gasteiger partial charge in [0, 0.05) is 0 Å². The highest BCUT2D eigenvalue weighted by atomic mass is 32.2. The third-order valence-corrected chi connectivity index (χ3v) is 4.84. The van der Waals surface area contributed by atoms with Gasteiger partial charge < -0.3 is 5.32 Å². The number of hydrogen-bond donors (Lipinski definition) is 2. The van der Waals surface area contributed by atoms with Gasteiger partial charge in [-0.05, 0) is 36.1 Å². The third-order valence-electron chi connectivity index (χ3n) is 4.25. The Labute approximate surface area is 142 Å². The number of carbonyl (C=O) groups is 1. The van der Waals surface area contributed by atoms with E-state index in [4.69, 9.17) is 0 Å². The van der Waals surface area contributed by atoms with Crippen molar-refractivity contribution in [2.24, 2.45) is 0 Å². The van der Waals surface area contributed by atoms with Crippen molar-refractivity contribution in [3.8, 4) is 0 Å². The fourth-order valence-electron chi connectivity index (χ4n) is 3.05. The zero-order valence-electron chi connectivity index (χ0n) is 13.6. The van der Waals surface area contributed by atoms with Gasteiger partial charge in [-0.25, -0.2) is 8.42 Å². The predicted molar refractivity (Wildman–Crippen MR) is 94.4 cm³/mol. The van der Waals surface area contributed by atoms with Crippen LogP contribution in [0.2, 0.25) is 0 Å². The van der Waals surface area contributed by atoms with Crippen molar-refractivity contribution in [3.05, 3.63) is 65.2 Å². The molecule has 0 saturated heterocycles. The lowest BCUT2D eigenvalue weighted by molar-refractivity contribution is -0.123. The molecule has 2 atom stereocenters. The maximum Gasteiger partial charge on any atom is 0.229 e. The third kappa shape index (κ3) is 3.43. The molecule has 2 aromatic rings. The highest BCUT2D eigenvalue weighted by Crippen LogP contribution is 2.35. The maximum atomic E-state index is 12.5. The minimum Gasteiger partial charge on any atom is -0.349 e. The molecule has 3 rings (SSSR count). The van der Waals surface area contributed by atoms with Gasteiger partial charge in [0.2, 0.25) is 15.9 Å². The molecule has 126 valence electrons. The second kappa shape index (κ2) is 6.28. The number of nitrogens with one attached hydrogen (secondary N) is 2. The second-order valence-corrected chi connectivity index (χ2v) is 7.90. The van der Waals surface area contributed by atoms with Crippen LogP contribution < -0.4 is 10.0 Å². The lowest BCUT2D eigenvalue weighted by atomic mass is 9.77. The van der Waals surface area contributed by atoms with Crippen LogP contribution in [-0.2, 0) is 21.2 Å². The first-order valence-corrected chi connectivity index (χ1v) is 9.69. The normalized spacial score (nSPS) is 17.3. The van der Waals surface area contributed by atoms with Gasteiger partial charge in [0.15, 0.2) is 0 Å². The Morgan fingerprint density at radius 1 is 1.12 bits per heavy atom. The van der Waals surface area contributed by atoms with Gasteiger partial charge in [0.25, 0.3) is 0 Å². The largest absolute Gasteiger partial charge is 0.349 e. The van der Waals surface area contributed by atoms with Crippen LogP contribution in [0.25, 0.3) is 0 Å². The van der Waals surface area contributed by atoms with Crippen LogP contribution in [0.4, 0.5) is 5.69 Å². The number of sulfonamides is 1. The minimum absolute atomic E-state index is 0.0321. The fourth-order valence-corrected chi connectivity index (χ4v) is 3.64. The highest BCUT2D eigenvalue weighted by Gasteiger charge is 2.32. The van der Waals surface area contributed by atoms with E-state index in [1.54, 1.807) is 12.1 Å². The zero-order chi connectivity index (χ0) is 17.3. The van der Waals surface area contributed by atoms with Gasteiger partial charge in [-0.1, -0.05) is 42.5 Å². The molecule has 0 radical (unpaired) electrons. The Morgan fingerprint density at radius 2 is 1.79 bits per heavy atom. The molecule has 24 heavy (non-hydrogen) atoms. The average molecular weight is 344 g/mol. The Bertz CT molecular complexity index is 877. The first-order valence-electron chi connectivity index (χ1n) is 7.80. The Hall–Kier alpha value is -2.34. The summed E-state index contributed by atoms with van der Waals surface area (Å²) in [5.41, 5.74) is 3.51. The predicted octanol–water partition coefficient (Wildman–Crippen LogP) is 2.58. The van der Waals surface area contributed by atoms with Crippen LogP contribution in [0.15, 0.2) is 48.5 Å². The number of fused-ring (bicyclic) bond motifs is 1. The van der Waals surface area contributed by atoms with Gasteiger partial charge in [0.1, 0.15) is 0 Å². The molecule has 0 spiro atoms. The Morgan fingerprint density at radius 3 is 2.50 bits per heavy atom. The number of hydrogen-bond acceptors (Lipinski definition) is 3. The van der Waals surface area contributed by atoms with Crippen LogP contribution in [0.3, 0.4) is 0 Å². The van der Waals surface area contributed by atoms with Crippen LogP contribution in [0.1, 0.15) is 35.6 Å². The zero-order valence-corrected chi connectivity index (χ0v) is 14.4. The van der Waals surface area contributed by atoms with Crippen molar-refractivity contribution in [1.82, 2.24) is 5.32 Å². The van der Waals surface area contributed by atoms with Gasteiger partial charge in [0.05, 0.1) is 23.9 Å². The molecule has 0 fully saturated rings. The van der Waals surface area contributed by atoms with Crippen molar-refractivity contribution < 1.29 is 13.2 Å². The molecule has 1 amide bonds. The van der Waals surface area contributed by atoms with E-state index in [2.05, 4.69) is 10.0 Å². The molecule has 6 heteroatoms. The number of carbonyl (C=O) groups excluding carboxylic acids is 1. The molecule has 1 aliphatic rings. The molecule has 0 aliphatic heterocycles. The highest BCUT2D eigenvalue weighted by molar-refractivity contribution is 7.92. The molecule has 2 N–H and O–H groups in total.